The predicted octanol–water partition coefficient (Wildman–Crippen LogP) is 2.72. The van der Waals surface area contributed by atoms with E-state index in [-0.39, 0.29) is 11.6 Å². The van der Waals surface area contributed by atoms with Crippen molar-refractivity contribution >= 4 is 11.5 Å². The van der Waals surface area contributed by atoms with Crippen LogP contribution in [-0.2, 0) is 0 Å². The van der Waals surface area contributed by atoms with Gasteiger partial charge in [0.1, 0.15) is 5.82 Å². The Hall–Kier alpha value is -1.42. The molecule has 0 fully saturated rings. The number of rotatable bonds is 6. The molecular weight excluding hydrogens is 243 g/mol. The summed E-state index contributed by atoms with van der Waals surface area (Å²) in [7, 11) is 6.00. The lowest BCUT2D eigenvalue weighted by atomic mass is 10.0. The van der Waals surface area contributed by atoms with Crippen molar-refractivity contribution in [1.29, 1.82) is 0 Å². The van der Waals surface area contributed by atoms with Crippen LogP contribution in [0.1, 0.15) is 29.3 Å². The number of aryl methyl sites for hydroxylation is 1. The molecule has 106 valence electrons. The van der Waals surface area contributed by atoms with Gasteiger partial charge in [0, 0.05) is 24.8 Å². The third-order valence-electron chi connectivity index (χ3n) is 3.17. The van der Waals surface area contributed by atoms with Gasteiger partial charge in [-0.15, -0.1) is 0 Å². The van der Waals surface area contributed by atoms with E-state index in [2.05, 4.69) is 4.90 Å². The molecule has 0 atom stereocenters. The molecule has 0 saturated carbocycles. The number of hydrogen-bond acceptors (Lipinski definition) is 3. The lowest BCUT2D eigenvalue weighted by Crippen LogP contribution is -2.24. The molecular formula is C15H23FN2O. The van der Waals surface area contributed by atoms with Crippen LogP contribution in [0.25, 0.3) is 0 Å². The largest absolute Gasteiger partial charge is 0.374 e. The average Bonchev–Trinajstić information content (AvgIpc) is 2.31. The monoisotopic (exact) mass is 266 g/mol. The summed E-state index contributed by atoms with van der Waals surface area (Å²) in [6.07, 6.45) is 0.997. The van der Waals surface area contributed by atoms with E-state index < -0.39 is 0 Å². The third-order valence-corrected chi connectivity index (χ3v) is 3.17. The van der Waals surface area contributed by atoms with E-state index in [1.807, 2.05) is 26.0 Å². The first-order valence-corrected chi connectivity index (χ1v) is 6.50. The normalized spacial score (nSPS) is 10.9. The Morgan fingerprint density at radius 1 is 1.21 bits per heavy atom. The molecule has 0 aliphatic carbocycles. The molecule has 0 amide bonds. The molecule has 0 unspecified atom stereocenters. The molecule has 0 spiro atoms. The van der Waals surface area contributed by atoms with Crippen molar-refractivity contribution in [2.45, 2.75) is 20.3 Å². The van der Waals surface area contributed by atoms with Crippen LogP contribution in [0.5, 0.6) is 0 Å². The molecule has 1 aromatic carbocycles. The first-order chi connectivity index (χ1) is 8.82. The van der Waals surface area contributed by atoms with Crippen LogP contribution in [0, 0.1) is 12.7 Å². The maximum Gasteiger partial charge on any atom is 0.161 e. The maximum atomic E-state index is 13.6. The minimum absolute atomic E-state index is 0.103. The van der Waals surface area contributed by atoms with Crippen LogP contribution in [0.3, 0.4) is 0 Å². The van der Waals surface area contributed by atoms with E-state index >= 15 is 0 Å². The molecule has 0 bridgehead atoms. The predicted molar refractivity (Wildman–Crippen MR) is 77.6 cm³/mol. The Morgan fingerprint density at radius 3 is 2.37 bits per heavy atom. The highest BCUT2D eigenvalue weighted by Crippen LogP contribution is 2.24. The Bertz CT molecular complexity index is 458. The number of carbonyl (C=O) groups is 1. The lowest BCUT2D eigenvalue weighted by Gasteiger charge is -2.23. The van der Waals surface area contributed by atoms with E-state index in [1.54, 1.807) is 13.0 Å². The molecule has 0 aliphatic rings. The number of benzene rings is 1. The van der Waals surface area contributed by atoms with Gasteiger partial charge < -0.3 is 9.80 Å². The molecule has 1 aromatic rings. The number of anilines is 1. The molecule has 4 heteroatoms. The van der Waals surface area contributed by atoms with Crippen molar-refractivity contribution in [1.82, 2.24) is 4.90 Å². The lowest BCUT2D eigenvalue weighted by molar-refractivity contribution is 0.101. The first-order valence-electron chi connectivity index (χ1n) is 6.50. The zero-order chi connectivity index (χ0) is 14.6. The van der Waals surface area contributed by atoms with Crippen molar-refractivity contribution in [3.63, 3.8) is 0 Å². The molecule has 0 aromatic heterocycles. The van der Waals surface area contributed by atoms with Gasteiger partial charge in [0.15, 0.2) is 5.78 Å². The molecule has 0 saturated heterocycles. The summed E-state index contributed by atoms with van der Waals surface area (Å²) in [5, 5.41) is 0. The zero-order valence-corrected chi connectivity index (χ0v) is 12.5. The van der Waals surface area contributed by atoms with Crippen molar-refractivity contribution in [2.24, 2.45) is 0 Å². The second-order valence-corrected chi connectivity index (χ2v) is 5.25. The van der Waals surface area contributed by atoms with Crippen LogP contribution in [0.4, 0.5) is 10.1 Å². The standard InChI is InChI=1S/C15H23FN2O/c1-11-9-15(13(12(2)19)10-14(11)16)18(5)8-6-7-17(3)4/h9-10H,6-8H2,1-5H3. The van der Waals surface area contributed by atoms with E-state index in [9.17, 15) is 9.18 Å². The molecule has 0 radical (unpaired) electrons. The zero-order valence-electron chi connectivity index (χ0n) is 12.5. The Balaban J connectivity index is 2.91. The molecule has 1 rings (SSSR count). The second-order valence-electron chi connectivity index (χ2n) is 5.25. The minimum atomic E-state index is -0.323. The Labute approximate surface area is 115 Å². The molecule has 0 aliphatic heterocycles. The quantitative estimate of drug-likeness (QED) is 0.740. The highest BCUT2D eigenvalue weighted by molar-refractivity contribution is 5.99. The topological polar surface area (TPSA) is 23.6 Å². The number of halogens is 1. The highest BCUT2D eigenvalue weighted by Gasteiger charge is 2.14. The second kappa shape index (κ2) is 6.66. The van der Waals surface area contributed by atoms with E-state index in [0.717, 1.165) is 25.2 Å². The van der Waals surface area contributed by atoms with E-state index in [1.165, 1.54) is 13.0 Å². The van der Waals surface area contributed by atoms with Crippen molar-refractivity contribution in [2.75, 3.05) is 39.1 Å². The fourth-order valence-corrected chi connectivity index (χ4v) is 2.01. The number of carbonyl (C=O) groups excluding carboxylic acids is 1. The van der Waals surface area contributed by atoms with Crippen molar-refractivity contribution in [3.05, 3.63) is 29.1 Å². The van der Waals surface area contributed by atoms with Crippen molar-refractivity contribution in [3.8, 4) is 0 Å². The van der Waals surface area contributed by atoms with Gasteiger partial charge in [-0.25, -0.2) is 4.39 Å². The van der Waals surface area contributed by atoms with Crippen LogP contribution in [0.2, 0.25) is 0 Å². The van der Waals surface area contributed by atoms with Crippen LogP contribution in [0.15, 0.2) is 12.1 Å². The number of ketones is 1. The van der Waals surface area contributed by atoms with E-state index in [4.69, 9.17) is 0 Å². The summed E-state index contributed by atoms with van der Waals surface area (Å²) in [5.74, 6) is -0.427. The minimum Gasteiger partial charge on any atom is -0.374 e. The summed E-state index contributed by atoms with van der Waals surface area (Å²) in [5.41, 5.74) is 1.83. The van der Waals surface area contributed by atoms with Gasteiger partial charge in [0.25, 0.3) is 0 Å². The summed E-state index contributed by atoms with van der Waals surface area (Å²) < 4.78 is 13.6. The Kier molecular flexibility index (Phi) is 5.48. The summed E-state index contributed by atoms with van der Waals surface area (Å²) in [4.78, 5) is 15.8. The number of hydrogen-bond donors (Lipinski definition) is 0. The van der Waals surface area contributed by atoms with Crippen LogP contribution in [-0.4, -0.2) is 44.9 Å². The first kappa shape index (κ1) is 15.6. The average molecular weight is 266 g/mol. The van der Waals surface area contributed by atoms with Gasteiger partial charge >= 0.3 is 0 Å². The van der Waals surface area contributed by atoms with Crippen LogP contribution < -0.4 is 4.90 Å². The van der Waals surface area contributed by atoms with Gasteiger partial charge in [0.05, 0.1) is 0 Å². The fourth-order valence-electron chi connectivity index (χ4n) is 2.01. The smallest absolute Gasteiger partial charge is 0.161 e. The summed E-state index contributed by atoms with van der Waals surface area (Å²) in [6.45, 7) is 5.02. The van der Waals surface area contributed by atoms with E-state index in [0.29, 0.717) is 11.1 Å². The molecule has 0 N–H and O–H groups in total. The van der Waals surface area contributed by atoms with Gasteiger partial charge in [-0.2, -0.15) is 0 Å². The summed E-state index contributed by atoms with van der Waals surface area (Å²) in [6, 6.07) is 3.09. The van der Waals surface area contributed by atoms with Gasteiger partial charge in [-0.1, -0.05) is 0 Å². The van der Waals surface area contributed by atoms with Crippen LogP contribution >= 0.6 is 0 Å². The van der Waals surface area contributed by atoms with Gasteiger partial charge in [-0.05, 0) is 58.6 Å². The summed E-state index contributed by atoms with van der Waals surface area (Å²) >= 11 is 0. The van der Waals surface area contributed by atoms with Gasteiger partial charge in [-0.3, -0.25) is 4.79 Å². The maximum absolute atomic E-state index is 13.6. The fraction of sp³-hybridized carbons (Fsp3) is 0.533. The third kappa shape index (κ3) is 4.31. The SMILES string of the molecule is CC(=O)c1cc(F)c(C)cc1N(C)CCCN(C)C. The highest BCUT2D eigenvalue weighted by atomic mass is 19.1. The molecule has 0 heterocycles. The molecule has 19 heavy (non-hydrogen) atoms. The van der Waals surface area contributed by atoms with Crippen molar-refractivity contribution < 1.29 is 9.18 Å². The number of nitrogens with zero attached hydrogens (tertiary/aromatic N) is 2. The number of Topliss-reactive ketones (excluding diaryl/α,β-unsaturated/α-hetero) is 1. The Morgan fingerprint density at radius 2 is 1.84 bits per heavy atom. The molecule has 3 nitrogen and oxygen atoms in total. The van der Waals surface area contributed by atoms with Gasteiger partial charge in [0.2, 0.25) is 0 Å².